The molecule has 58 valence electrons. The van der Waals surface area contributed by atoms with Crippen LogP contribution < -0.4 is 0 Å². The Morgan fingerprint density at radius 3 is 2.70 bits per heavy atom. The maximum atomic E-state index is 5.33. The van der Waals surface area contributed by atoms with Crippen LogP contribution in [0.3, 0.4) is 0 Å². The fourth-order valence-corrected chi connectivity index (χ4v) is 3.22. The monoisotopic (exact) mass is 204 g/mol. The minimum atomic E-state index is 0.590. The van der Waals surface area contributed by atoms with Crippen LogP contribution in [0.2, 0.25) is 0 Å². The lowest BCUT2D eigenvalue weighted by Crippen LogP contribution is -2.41. The zero-order valence-corrected chi connectivity index (χ0v) is 7.80. The van der Waals surface area contributed by atoms with Crippen LogP contribution in [0.5, 0.6) is 0 Å². The van der Waals surface area contributed by atoms with Gasteiger partial charge in [-0.05, 0) is 31.1 Å². The minimum absolute atomic E-state index is 0.590. The Bertz CT molecular complexity index is 137. The van der Waals surface area contributed by atoms with E-state index in [1.807, 2.05) is 7.11 Å². The highest BCUT2D eigenvalue weighted by Crippen LogP contribution is 2.50. The Balaban J connectivity index is 1.96. The second-order valence-electron chi connectivity index (χ2n) is 3.43. The average molecular weight is 205 g/mol. The number of hydrogen-bond acceptors (Lipinski definition) is 1. The molecule has 0 unspecified atom stereocenters. The van der Waals surface area contributed by atoms with Gasteiger partial charge in [0.15, 0.2) is 0 Å². The van der Waals surface area contributed by atoms with Crippen molar-refractivity contribution in [3.63, 3.8) is 0 Å². The molecule has 0 aliphatic heterocycles. The molecule has 4 atom stereocenters. The first kappa shape index (κ1) is 7.11. The molecule has 0 aromatic heterocycles. The molecule has 0 radical (unpaired) electrons. The highest BCUT2D eigenvalue weighted by atomic mass is 79.9. The van der Waals surface area contributed by atoms with Gasteiger partial charge in [-0.1, -0.05) is 15.9 Å². The third kappa shape index (κ3) is 0.850. The Kier molecular flexibility index (Phi) is 1.77. The van der Waals surface area contributed by atoms with Crippen LogP contribution in [0, 0.1) is 11.8 Å². The molecule has 0 aromatic rings. The number of alkyl halides is 1. The van der Waals surface area contributed by atoms with Crippen LogP contribution in [-0.4, -0.2) is 18.0 Å². The maximum absolute atomic E-state index is 5.33. The third-order valence-electron chi connectivity index (χ3n) is 3.08. The Morgan fingerprint density at radius 1 is 1.30 bits per heavy atom. The lowest BCUT2D eigenvalue weighted by atomic mass is 9.73. The van der Waals surface area contributed by atoms with Gasteiger partial charge in [-0.15, -0.1) is 0 Å². The van der Waals surface area contributed by atoms with E-state index in [1.165, 1.54) is 19.3 Å². The largest absolute Gasteiger partial charge is 0.381 e. The lowest BCUT2D eigenvalue weighted by molar-refractivity contribution is -0.0460. The van der Waals surface area contributed by atoms with Gasteiger partial charge in [0.05, 0.1) is 6.10 Å². The number of fused-ring (bicyclic) bond motifs is 1. The van der Waals surface area contributed by atoms with Gasteiger partial charge in [0, 0.05) is 11.9 Å². The van der Waals surface area contributed by atoms with Crippen molar-refractivity contribution in [3.05, 3.63) is 0 Å². The molecule has 10 heavy (non-hydrogen) atoms. The van der Waals surface area contributed by atoms with Crippen molar-refractivity contribution < 1.29 is 4.74 Å². The molecule has 2 aliphatic rings. The summed E-state index contributed by atoms with van der Waals surface area (Å²) < 4.78 is 5.33. The molecule has 2 rings (SSSR count). The summed E-state index contributed by atoms with van der Waals surface area (Å²) in [4.78, 5) is 0.795. The van der Waals surface area contributed by atoms with E-state index in [4.69, 9.17) is 4.74 Å². The molecule has 2 heteroatoms. The third-order valence-corrected chi connectivity index (χ3v) is 4.21. The summed E-state index contributed by atoms with van der Waals surface area (Å²) in [5.41, 5.74) is 0. The highest BCUT2D eigenvalue weighted by molar-refractivity contribution is 9.09. The molecular formula is C8H13BrO. The van der Waals surface area contributed by atoms with Crippen molar-refractivity contribution in [2.45, 2.75) is 30.2 Å². The molecule has 0 amide bonds. The lowest BCUT2D eigenvalue weighted by Gasteiger charge is -2.40. The minimum Gasteiger partial charge on any atom is -0.381 e. The van der Waals surface area contributed by atoms with Crippen LogP contribution in [-0.2, 0) is 4.74 Å². The normalized spacial score (nSPS) is 52.2. The molecule has 0 spiro atoms. The van der Waals surface area contributed by atoms with Crippen molar-refractivity contribution in [1.29, 1.82) is 0 Å². The van der Waals surface area contributed by atoms with Gasteiger partial charge >= 0.3 is 0 Å². The zero-order valence-electron chi connectivity index (χ0n) is 6.22. The fraction of sp³-hybridized carbons (Fsp3) is 1.00. The fourth-order valence-electron chi connectivity index (χ4n) is 2.35. The first-order valence-corrected chi connectivity index (χ1v) is 4.91. The molecule has 0 N–H and O–H groups in total. The van der Waals surface area contributed by atoms with Gasteiger partial charge in [-0.3, -0.25) is 0 Å². The second kappa shape index (κ2) is 2.49. The van der Waals surface area contributed by atoms with Crippen LogP contribution in [0.15, 0.2) is 0 Å². The number of ether oxygens (including phenoxy) is 1. The highest BCUT2D eigenvalue weighted by Gasteiger charge is 2.48. The molecule has 1 nitrogen and oxygen atoms in total. The van der Waals surface area contributed by atoms with E-state index in [0.29, 0.717) is 6.10 Å². The Morgan fingerprint density at radius 2 is 2.10 bits per heavy atom. The van der Waals surface area contributed by atoms with Gasteiger partial charge < -0.3 is 4.74 Å². The van der Waals surface area contributed by atoms with Crippen molar-refractivity contribution in [3.8, 4) is 0 Å². The SMILES string of the molecule is CO[C@H]1C[C@H]2[C@@H]1CC[C@@H]2Br. The summed E-state index contributed by atoms with van der Waals surface area (Å²) in [6.07, 6.45) is 4.61. The van der Waals surface area contributed by atoms with E-state index in [0.717, 1.165) is 16.7 Å². The molecule has 0 heterocycles. The van der Waals surface area contributed by atoms with Gasteiger partial charge in [0.25, 0.3) is 0 Å². The van der Waals surface area contributed by atoms with Crippen LogP contribution >= 0.6 is 15.9 Å². The summed E-state index contributed by atoms with van der Waals surface area (Å²) in [5, 5.41) is 0. The second-order valence-corrected chi connectivity index (χ2v) is 4.61. The van der Waals surface area contributed by atoms with Gasteiger partial charge in [-0.2, -0.15) is 0 Å². The van der Waals surface area contributed by atoms with E-state index in [1.54, 1.807) is 0 Å². The summed E-state index contributed by atoms with van der Waals surface area (Å²) in [5.74, 6) is 1.82. The first-order chi connectivity index (χ1) is 4.83. The molecule has 2 saturated carbocycles. The topological polar surface area (TPSA) is 9.23 Å². The van der Waals surface area contributed by atoms with Crippen LogP contribution in [0.4, 0.5) is 0 Å². The number of rotatable bonds is 1. The van der Waals surface area contributed by atoms with Crippen LogP contribution in [0.25, 0.3) is 0 Å². The van der Waals surface area contributed by atoms with E-state index < -0.39 is 0 Å². The van der Waals surface area contributed by atoms with Crippen molar-refractivity contribution in [2.75, 3.05) is 7.11 Å². The summed E-state index contributed by atoms with van der Waals surface area (Å²) in [7, 11) is 1.84. The van der Waals surface area contributed by atoms with Crippen molar-refractivity contribution >= 4 is 15.9 Å². The first-order valence-electron chi connectivity index (χ1n) is 4.00. The molecule has 2 fully saturated rings. The van der Waals surface area contributed by atoms with Crippen molar-refractivity contribution in [1.82, 2.24) is 0 Å². The van der Waals surface area contributed by atoms with E-state index in [-0.39, 0.29) is 0 Å². The summed E-state index contributed by atoms with van der Waals surface area (Å²) in [6, 6.07) is 0. The van der Waals surface area contributed by atoms with E-state index in [9.17, 15) is 0 Å². The predicted octanol–water partition coefficient (Wildman–Crippen LogP) is 2.19. The average Bonchev–Trinajstić information content (AvgIpc) is 2.10. The molecule has 0 bridgehead atoms. The molecular weight excluding hydrogens is 192 g/mol. The molecule has 0 aromatic carbocycles. The van der Waals surface area contributed by atoms with E-state index >= 15 is 0 Å². The Hall–Kier alpha value is 0.440. The number of hydrogen-bond donors (Lipinski definition) is 0. The number of halogens is 1. The van der Waals surface area contributed by atoms with E-state index in [2.05, 4.69) is 15.9 Å². The quantitative estimate of drug-likeness (QED) is 0.596. The van der Waals surface area contributed by atoms with Crippen LogP contribution in [0.1, 0.15) is 19.3 Å². The van der Waals surface area contributed by atoms with Gasteiger partial charge in [0.2, 0.25) is 0 Å². The van der Waals surface area contributed by atoms with Gasteiger partial charge in [-0.25, -0.2) is 0 Å². The maximum Gasteiger partial charge on any atom is 0.0605 e. The number of methoxy groups -OCH3 is 1. The summed E-state index contributed by atoms with van der Waals surface area (Å²) >= 11 is 3.70. The van der Waals surface area contributed by atoms with Gasteiger partial charge in [0.1, 0.15) is 0 Å². The zero-order chi connectivity index (χ0) is 7.14. The predicted molar refractivity (Wildman–Crippen MR) is 44.3 cm³/mol. The summed E-state index contributed by atoms with van der Waals surface area (Å²) in [6.45, 7) is 0. The smallest absolute Gasteiger partial charge is 0.0605 e. The standard InChI is InChI=1S/C8H13BrO/c1-10-8-4-6-5(8)2-3-7(6)9/h5-8H,2-4H2,1H3/t5-,6-,7-,8-/m0/s1. The molecule has 2 aliphatic carbocycles. The van der Waals surface area contributed by atoms with Crippen molar-refractivity contribution in [2.24, 2.45) is 11.8 Å². The molecule has 0 saturated heterocycles. The Labute approximate surface area is 70.3 Å².